The first-order chi connectivity index (χ1) is 9.83. The van der Waals surface area contributed by atoms with Gasteiger partial charge in [-0.25, -0.2) is 0 Å². The molecule has 1 aromatic heterocycles. The maximum atomic E-state index is 5.82. The van der Waals surface area contributed by atoms with Gasteiger partial charge in [-0.05, 0) is 31.9 Å². The Morgan fingerprint density at radius 2 is 2.00 bits per heavy atom. The molecular weight excluding hydrogens is 246 g/mol. The summed E-state index contributed by atoms with van der Waals surface area (Å²) in [4.78, 5) is 7.20. The molecule has 0 unspecified atom stereocenters. The summed E-state index contributed by atoms with van der Waals surface area (Å²) in [6.07, 6.45) is 5.33. The molecule has 3 rings (SSSR count). The van der Waals surface area contributed by atoms with Gasteiger partial charge in [-0.1, -0.05) is 31.0 Å². The molecular formula is C17H23N3. The van der Waals surface area contributed by atoms with Gasteiger partial charge >= 0.3 is 0 Å². The lowest BCUT2D eigenvalue weighted by molar-refractivity contribution is 0.621. The molecule has 1 aromatic carbocycles. The van der Waals surface area contributed by atoms with Crippen LogP contribution in [0, 0.1) is 0 Å². The van der Waals surface area contributed by atoms with Gasteiger partial charge in [0, 0.05) is 30.2 Å². The highest BCUT2D eigenvalue weighted by molar-refractivity contribution is 5.92. The number of benzene rings is 1. The van der Waals surface area contributed by atoms with E-state index in [0.717, 1.165) is 17.8 Å². The van der Waals surface area contributed by atoms with Crippen LogP contribution in [-0.4, -0.2) is 17.6 Å². The third-order valence-corrected chi connectivity index (χ3v) is 4.37. The monoisotopic (exact) mass is 269 g/mol. The molecule has 1 heterocycles. The molecule has 3 heteroatoms. The SMILES string of the molecule is CCN(c1cc(CN)nc2ccccc12)C1CCCC1. The maximum Gasteiger partial charge on any atom is 0.0726 e. The number of pyridine rings is 1. The minimum Gasteiger partial charge on any atom is -0.368 e. The molecule has 3 nitrogen and oxygen atoms in total. The number of rotatable bonds is 4. The highest BCUT2D eigenvalue weighted by Gasteiger charge is 2.23. The van der Waals surface area contributed by atoms with Gasteiger partial charge in [-0.15, -0.1) is 0 Å². The van der Waals surface area contributed by atoms with Gasteiger partial charge in [0.15, 0.2) is 0 Å². The van der Waals surface area contributed by atoms with E-state index >= 15 is 0 Å². The minimum atomic E-state index is 0.500. The second-order valence-electron chi connectivity index (χ2n) is 5.58. The van der Waals surface area contributed by atoms with Gasteiger partial charge in [-0.2, -0.15) is 0 Å². The summed E-state index contributed by atoms with van der Waals surface area (Å²) in [6.45, 7) is 3.79. The van der Waals surface area contributed by atoms with Crippen molar-refractivity contribution in [2.45, 2.75) is 45.2 Å². The third kappa shape index (κ3) is 2.38. The Bertz CT molecular complexity index is 588. The van der Waals surface area contributed by atoms with E-state index in [2.05, 4.69) is 41.1 Å². The molecule has 0 saturated heterocycles. The summed E-state index contributed by atoms with van der Waals surface area (Å²) in [5.74, 6) is 0. The van der Waals surface area contributed by atoms with E-state index in [9.17, 15) is 0 Å². The van der Waals surface area contributed by atoms with Crippen LogP contribution in [0.4, 0.5) is 5.69 Å². The van der Waals surface area contributed by atoms with Crippen LogP contribution >= 0.6 is 0 Å². The van der Waals surface area contributed by atoms with E-state index < -0.39 is 0 Å². The summed E-state index contributed by atoms with van der Waals surface area (Å²) < 4.78 is 0. The molecule has 1 aliphatic rings. The van der Waals surface area contributed by atoms with E-state index in [1.165, 1.54) is 36.8 Å². The van der Waals surface area contributed by atoms with Gasteiger partial charge < -0.3 is 10.6 Å². The molecule has 0 spiro atoms. The maximum absolute atomic E-state index is 5.82. The zero-order valence-electron chi connectivity index (χ0n) is 12.2. The summed E-state index contributed by atoms with van der Waals surface area (Å²) in [7, 11) is 0. The van der Waals surface area contributed by atoms with Gasteiger partial charge in [0.25, 0.3) is 0 Å². The Labute approximate surface area is 120 Å². The zero-order chi connectivity index (χ0) is 13.9. The molecule has 20 heavy (non-hydrogen) atoms. The Morgan fingerprint density at radius 3 is 2.70 bits per heavy atom. The van der Waals surface area contributed by atoms with E-state index in [0.29, 0.717) is 12.6 Å². The first-order valence-corrected chi connectivity index (χ1v) is 7.69. The first-order valence-electron chi connectivity index (χ1n) is 7.69. The van der Waals surface area contributed by atoms with Crippen molar-refractivity contribution in [1.29, 1.82) is 0 Å². The van der Waals surface area contributed by atoms with Crippen molar-refractivity contribution in [3.8, 4) is 0 Å². The molecule has 1 fully saturated rings. The van der Waals surface area contributed by atoms with Crippen LogP contribution < -0.4 is 10.6 Å². The largest absolute Gasteiger partial charge is 0.368 e. The predicted octanol–water partition coefficient (Wildman–Crippen LogP) is 3.46. The van der Waals surface area contributed by atoms with Crippen LogP contribution in [0.25, 0.3) is 10.9 Å². The Hall–Kier alpha value is -1.61. The summed E-state index contributed by atoms with van der Waals surface area (Å²) in [6, 6.07) is 11.3. The van der Waals surface area contributed by atoms with Gasteiger partial charge in [0.2, 0.25) is 0 Å². The fourth-order valence-electron chi connectivity index (χ4n) is 3.39. The van der Waals surface area contributed by atoms with Gasteiger partial charge in [0.05, 0.1) is 11.2 Å². The molecule has 1 saturated carbocycles. The van der Waals surface area contributed by atoms with Gasteiger partial charge in [-0.3, -0.25) is 4.98 Å². The molecule has 2 N–H and O–H groups in total. The standard InChI is InChI=1S/C17H23N3/c1-2-20(14-7-3-4-8-14)17-11-13(12-18)19-16-10-6-5-9-15(16)17/h5-6,9-11,14H,2-4,7-8,12,18H2,1H3. The predicted molar refractivity (Wildman–Crippen MR) is 84.9 cm³/mol. The lowest BCUT2D eigenvalue weighted by Crippen LogP contribution is -2.33. The second kappa shape index (κ2) is 5.80. The second-order valence-corrected chi connectivity index (χ2v) is 5.58. The lowest BCUT2D eigenvalue weighted by atomic mass is 10.1. The molecule has 0 radical (unpaired) electrons. The molecule has 2 aromatic rings. The molecule has 0 aliphatic heterocycles. The van der Waals surface area contributed by atoms with Crippen LogP contribution in [-0.2, 0) is 6.54 Å². The highest BCUT2D eigenvalue weighted by Crippen LogP contribution is 2.33. The van der Waals surface area contributed by atoms with Crippen LogP contribution in [0.2, 0.25) is 0 Å². The molecule has 0 atom stereocenters. The summed E-state index contributed by atoms with van der Waals surface area (Å²) in [5, 5.41) is 1.25. The van der Waals surface area contributed by atoms with Crippen molar-refractivity contribution < 1.29 is 0 Å². The Balaban J connectivity index is 2.11. The van der Waals surface area contributed by atoms with E-state index in [1.807, 2.05) is 6.07 Å². The smallest absolute Gasteiger partial charge is 0.0726 e. The lowest BCUT2D eigenvalue weighted by Gasteiger charge is -2.31. The topological polar surface area (TPSA) is 42.1 Å². The molecule has 0 amide bonds. The van der Waals surface area contributed by atoms with Crippen molar-refractivity contribution in [3.05, 3.63) is 36.0 Å². The highest BCUT2D eigenvalue weighted by atomic mass is 15.2. The molecule has 106 valence electrons. The van der Waals surface area contributed by atoms with Crippen molar-refractivity contribution in [1.82, 2.24) is 4.98 Å². The number of nitrogens with zero attached hydrogens (tertiary/aromatic N) is 2. The van der Waals surface area contributed by atoms with E-state index in [4.69, 9.17) is 5.73 Å². The summed E-state index contributed by atoms with van der Waals surface area (Å²) in [5.41, 5.74) is 9.17. The fourth-order valence-corrected chi connectivity index (χ4v) is 3.39. The number of hydrogen-bond acceptors (Lipinski definition) is 3. The van der Waals surface area contributed by atoms with Crippen molar-refractivity contribution in [3.63, 3.8) is 0 Å². The van der Waals surface area contributed by atoms with Crippen molar-refractivity contribution in [2.24, 2.45) is 5.73 Å². The van der Waals surface area contributed by atoms with E-state index in [-0.39, 0.29) is 0 Å². The third-order valence-electron chi connectivity index (χ3n) is 4.37. The van der Waals surface area contributed by atoms with Crippen LogP contribution in [0.15, 0.2) is 30.3 Å². The average Bonchev–Trinajstić information content (AvgIpc) is 3.02. The first kappa shape index (κ1) is 13.4. The normalized spacial score (nSPS) is 15.9. The number of hydrogen-bond donors (Lipinski definition) is 1. The Kier molecular flexibility index (Phi) is 3.88. The average molecular weight is 269 g/mol. The molecule has 0 bridgehead atoms. The van der Waals surface area contributed by atoms with Crippen LogP contribution in [0.5, 0.6) is 0 Å². The van der Waals surface area contributed by atoms with Crippen molar-refractivity contribution in [2.75, 3.05) is 11.4 Å². The minimum absolute atomic E-state index is 0.500. The fraction of sp³-hybridized carbons (Fsp3) is 0.471. The number of para-hydroxylation sites is 1. The van der Waals surface area contributed by atoms with Crippen molar-refractivity contribution >= 4 is 16.6 Å². The Morgan fingerprint density at radius 1 is 1.25 bits per heavy atom. The summed E-state index contributed by atoms with van der Waals surface area (Å²) >= 11 is 0. The number of aromatic nitrogens is 1. The van der Waals surface area contributed by atoms with Gasteiger partial charge in [0.1, 0.15) is 0 Å². The number of fused-ring (bicyclic) bond motifs is 1. The zero-order valence-corrected chi connectivity index (χ0v) is 12.2. The number of anilines is 1. The molecule has 1 aliphatic carbocycles. The van der Waals surface area contributed by atoms with Crippen LogP contribution in [0.1, 0.15) is 38.3 Å². The van der Waals surface area contributed by atoms with E-state index in [1.54, 1.807) is 0 Å². The van der Waals surface area contributed by atoms with Crippen LogP contribution in [0.3, 0.4) is 0 Å². The number of nitrogens with two attached hydrogens (primary N) is 1. The quantitative estimate of drug-likeness (QED) is 0.924.